The van der Waals surface area contributed by atoms with Crippen molar-refractivity contribution in [1.29, 1.82) is 0 Å². The van der Waals surface area contributed by atoms with E-state index in [0.29, 0.717) is 6.54 Å². The summed E-state index contributed by atoms with van der Waals surface area (Å²) in [4.78, 5) is 11.0. The van der Waals surface area contributed by atoms with Crippen molar-refractivity contribution in [3.8, 4) is 0 Å². The van der Waals surface area contributed by atoms with Gasteiger partial charge in [0.2, 0.25) is 5.91 Å². The number of hydrogen-bond donors (Lipinski definition) is 1. The summed E-state index contributed by atoms with van der Waals surface area (Å²) in [6.45, 7) is 4.49. The van der Waals surface area contributed by atoms with Crippen LogP contribution in [0.15, 0.2) is 36.4 Å². The van der Waals surface area contributed by atoms with Crippen molar-refractivity contribution in [2.45, 2.75) is 39.5 Å². The topological polar surface area (TPSA) is 29.1 Å². The number of benzene rings is 2. The maximum atomic E-state index is 11.0. The molecule has 0 aliphatic heterocycles. The van der Waals surface area contributed by atoms with Crippen LogP contribution in [0.2, 0.25) is 0 Å². The lowest BCUT2D eigenvalue weighted by Crippen LogP contribution is -2.22. The third-order valence-electron chi connectivity index (χ3n) is 3.62. The van der Waals surface area contributed by atoms with E-state index in [1.54, 1.807) is 6.92 Å². The number of carbonyl (C=O) groups excluding carboxylic acids is 1. The molecule has 0 unspecified atom stereocenters. The highest BCUT2D eigenvalue weighted by molar-refractivity contribution is 5.86. The molecular formula is C18H23NO. The molecule has 0 aliphatic carbocycles. The van der Waals surface area contributed by atoms with Gasteiger partial charge in [-0.1, -0.05) is 49.7 Å². The van der Waals surface area contributed by atoms with Gasteiger partial charge in [-0.3, -0.25) is 4.79 Å². The standard InChI is InChI=1S/C18H23NO/c1-3-4-6-15-9-10-16-7-5-8-17(18(16)13-15)11-12-19-14(2)20/h5,7-10,13H,3-4,6,11-12H2,1-2H3,(H,19,20). The molecule has 0 radical (unpaired) electrons. The van der Waals surface area contributed by atoms with Crippen molar-refractivity contribution in [3.05, 3.63) is 47.5 Å². The number of fused-ring (bicyclic) bond motifs is 1. The Balaban J connectivity index is 2.21. The molecule has 0 aromatic heterocycles. The minimum absolute atomic E-state index is 0.0360. The van der Waals surface area contributed by atoms with Gasteiger partial charge in [0, 0.05) is 13.5 Å². The van der Waals surface area contributed by atoms with Gasteiger partial charge in [0.05, 0.1) is 0 Å². The van der Waals surface area contributed by atoms with Gasteiger partial charge in [-0.05, 0) is 41.2 Å². The van der Waals surface area contributed by atoms with Crippen LogP contribution in [0, 0.1) is 0 Å². The molecule has 0 spiro atoms. The van der Waals surface area contributed by atoms with Crippen LogP contribution in [0.1, 0.15) is 37.8 Å². The lowest BCUT2D eigenvalue weighted by atomic mass is 9.98. The number of amides is 1. The predicted octanol–water partition coefficient (Wildman–Crippen LogP) is 3.86. The average molecular weight is 269 g/mol. The van der Waals surface area contributed by atoms with Crippen molar-refractivity contribution >= 4 is 16.7 Å². The minimum atomic E-state index is 0.0360. The summed E-state index contributed by atoms with van der Waals surface area (Å²) in [5.74, 6) is 0.0360. The molecule has 1 amide bonds. The highest BCUT2D eigenvalue weighted by Gasteiger charge is 2.03. The second-order valence-corrected chi connectivity index (χ2v) is 5.31. The van der Waals surface area contributed by atoms with Crippen LogP contribution in [0.4, 0.5) is 0 Å². The van der Waals surface area contributed by atoms with Crippen molar-refractivity contribution < 1.29 is 4.79 Å². The molecule has 2 nitrogen and oxygen atoms in total. The highest BCUT2D eigenvalue weighted by atomic mass is 16.1. The maximum Gasteiger partial charge on any atom is 0.216 e. The molecule has 0 aliphatic rings. The van der Waals surface area contributed by atoms with Crippen LogP contribution in [-0.2, 0) is 17.6 Å². The first kappa shape index (κ1) is 14.6. The van der Waals surface area contributed by atoms with Crippen LogP contribution >= 0.6 is 0 Å². The number of unbranched alkanes of at least 4 members (excludes halogenated alkanes) is 1. The predicted molar refractivity (Wildman–Crippen MR) is 84.9 cm³/mol. The van der Waals surface area contributed by atoms with E-state index in [0.717, 1.165) is 12.8 Å². The molecule has 2 aromatic carbocycles. The monoisotopic (exact) mass is 269 g/mol. The number of nitrogens with one attached hydrogen (secondary N) is 1. The van der Waals surface area contributed by atoms with Crippen LogP contribution < -0.4 is 5.32 Å². The van der Waals surface area contributed by atoms with Crippen molar-refractivity contribution in [2.24, 2.45) is 0 Å². The normalized spacial score (nSPS) is 10.7. The summed E-state index contributed by atoms with van der Waals surface area (Å²) in [6, 6.07) is 13.2. The molecule has 2 aromatic rings. The van der Waals surface area contributed by atoms with Gasteiger partial charge >= 0.3 is 0 Å². The fourth-order valence-corrected chi connectivity index (χ4v) is 2.51. The van der Waals surface area contributed by atoms with Gasteiger partial charge < -0.3 is 5.32 Å². The molecule has 0 heterocycles. The second-order valence-electron chi connectivity index (χ2n) is 5.31. The molecule has 106 valence electrons. The van der Waals surface area contributed by atoms with E-state index >= 15 is 0 Å². The summed E-state index contributed by atoms with van der Waals surface area (Å²) in [5, 5.41) is 5.48. The number of carbonyl (C=O) groups is 1. The Bertz CT molecular complexity index is 589. The minimum Gasteiger partial charge on any atom is -0.356 e. The molecule has 1 N–H and O–H groups in total. The van der Waals surface area contributed by atoms with E-state index in [-0.39, 0.29) is 5.91 Å². The van der Waals surface area contributed by atoms with Crippen molar-refractivity contribution in [3.63, 3.8) is 0 Å². The Morgan fingerprint density at radius 3 is 2.75 bits per heavy atom. The van der Waals surface area contributed by atoms with Crippen molar-refractivity contribution in [2.75, 3.05) is 6.54 Å². The molecule has 20 heavy (non-hydrogen) atoms. The zero-order valence-corrected chi connectivity index (χ0v) is 12.4. The Kier molecular flexibility index (Phi) is 5.16. The van der Waals surface area contributed by atoms with Crippen molar-refractivity contribution in [1.82, 2.24) is 5.32 Å². The molecule has 0 saturated carbocycles. The number of aryl methyl sites for hydroxylation is 1. The van der Waals surface area contributed by atoms with Gasteiger partial charge in [0.1, 0.15) is 0 Å². The Morgan fingerprint density at radius 2 is 2.00 bits per heavy atom. The molecular weight excluding hydrogens is 246 g/mol. The van der Waals surface area contributed by atoms with Crippen LogP contribution in [0.5, 0.6) is 0 Å². The van der Waals surface area contributed by atoms with E-state index in [4.69, 9.17) is 0 Å². The Hall–Kier alpha value is -1.83. The summed E-state index contributed by atoms with van der Waals surface area (Å²) in [7, 11) is 0. The number of rotatable bonds is 6. The molecule has 0 atom stereocenters. The van der Waals surface area contributed by atoms with Gasteiger partial charge in [0.15, 0.2) is 0 Å². The van der Waals surface area contributed by atoms with E-state index < -0.39 is 0 Å². The Labute approximate surface area is 121 Å². The largest absolute Gasteiger partial charge is 0.356 e. The summed E-state index contributed by atoms with van der Waals surface area (Å²) in [6.07, 6.45) is 4.49. The zero-order chi connectivity index (χ0) is 14.4. The van der Waals surface area contributed by atoms with Gasteiger partial charge in [-0.15, -0.1) is 0 Å². The summed E-state index contributed by atoms with van der Waals surface area (Å²) >= 11 is 0. The molecule has 0 bridgehead atoms. The van der Waals surface area contributed by atoms with Crippen LogP contribution in [0.25, 0.3) is 10.8 Å². The molecule has 0 fully saturated rings. The van der Waals surface area contributed by atoms with Crippen LogP contribution in [0.3, 0.4) is 0 Å². The first-order valence-electron chi connectivity index (χ1n) is 7.45. The molecule has 2 heteroatoms. The fourth-order valence-electron chi connectivity index (χ4n) is 2.51. The summed E-state index contributed by atoms with van der Waals surface area (Å²) in [5.41, 5.74) is 2.72. The second kappa shape index (κ2) is 7.09. The maximum absolute atomic E-state index is 11.0. The first-order chi connectivity index (χ1) is 9.70. The van der Waals surface area contributed by atoms with Gasteiger partial charge in [0.25, 0.3) is 0 Å². The van der Waals surface area contributed by atoms with E-state index in [2.05, 4.69) is 48.6 Å². The van der Waals surface area contributed by atoms with Gasteiger partial charge in [-0.25, -0.2) is 0 Å². The average Bonchev–Trinajstić information content (AvgIpc) is 2.45. The lowest BCUT2D eigenvalue weighted by Gasteiger charge is -2.09. The fraction of sp³-hybridized carbons (Fsp3) is 0.389. The Morgan fingerprint density at radius 1 is 1.15 bits per heavy atom. The molecule has 2 rings (SSSR count). The lowest BCUT2D eigenvalue weighted by molar-refractivity contribution is -0.118. The van der Waals surface area contributed by atoms with Crippen LogP contribution in [-0.4, -0.2) is 12.5 Å². The van der Waals surface area contributed by atoms with Gasteiger partial charge in [-0.2, -0.15) is 0 Å². The third kappa shape index (κ3) is 3.83. The summed E-state index contributed by atoms with van der Waals surface area (Å²) < 4.78 is 0. The third-order valence-corrected chi connectivity index (χ3v) is 3.62. The quantitative estimate of drug-likeness (QED) is 0.847. The first-order valence-corrected chi connectivity index (χ1v) is 7.45. The van der Waals surface area contributed by atoms with E-state index in [1.165, 1.54) is 34.7 Å². The van der Waals surface area contributed by atoms with E-state index in [9.17, 15) is 4.79 Å². The van der Waals surface area contributed by atoms with E-state index in [1.807, 2.05) is 0 Å². The zero-order valence-electron chi connectivity index (χ0n) is 12.4. The number of hydrogen-bond acceptors (Lipinski definition) is 1. The molecule has 0 saturated heterocycles. The SMILES string of the molecule is CCCCc1ccc2cccc(CCNC(C)=O)c2c1. The highest BCUT2D eigenvalue weighted by Crippen LogP contribution is 2.21. The smallest absolute Gasteiger partial charge is 0.216 e.